The highest BCUT2D eigenvalue weighted by Gasteiger charge is 2.43. The summed E-state index contributed by atoms with van der Waals surface area (Å²) < 4.78 is 0. The molecule has 0 saturated heterocycles. The van der Waals surface area contributed by atoms with E-state index >= 15 is 0 Å². The van der Waals surface area contributed by atoms with Crippen molar-refractivity contribution in [2.45, 2.75) is 44.6 Å². The Hall–Kier alpha value is -1.51. The highest BCUT2D eigenvalue weighted by Crippen LogP contribution is 2.48. The normalized spacial score (nSPS) is 31.4. The molecule has 1 heterocycles. The van der Waals surface area contributed by atoms with Crippen molar-refractivity contribution in [1.29, 1.82) is 0 Å². The Kier molecular flexibility index (Phi) is 2.76. The van der Waals surface area contributed by atoms with Crippen molar-refractivity contribution in [3.05, 3.63) is 29.3 Å². The summed E-state index contributed by atoms with van der Waals surface area (Å²) in [6, 6.07) is 6.46. The first-order chi connectivity index (χ1) is 9.74. The van der Waals surface area contributed by atoms with Crippen LogP contribution in [0.5, 0.6) is 0 Å². The van der Waals surface area contributed by atoms with Crippen molar-refractivity contribution in [3.8, 4) is 0 Å². The first-order valence-electron chi connectivity index (χ1n) is 7.86. The number of rotatable bonds is 2. The largest absolute Gasteiger partial charge is 0.478 e. The van der Waals surface area contributed by atoms with Crippen LogP contribution in [0.2, 0.25) is 0 Å². The summed E-state index contributed by atoms with van der Waals surface area (Å²) in [5.74, 6) is 0.995. The fraction of sp³-hybridized carbons (Fsp3) is 0.588. The monoisotopic (exact) mass is 271 g/mol. The third-order valence-corrected chi connectivity index (χ3v) is 5.62. The summed E-state index contributed by atoms with van der Waals surface area (Å²) >= 11 is 0. The van der Waals surface area contributed by atoms with E-state index < -0.39 is 5.97 Å². The van der Waals surface area contributed by atoms with Gasteiger partial charge in [0.25, 0.3) is 0 Å². The van der Waals surface area contributed by atoms with Gasteiger partial charge in [-0.15, -0.1) is 0 Å². The molecule has 3 unspecified atom stereocenters. The molecule has 2 aliphatic carbocycles. The Bertz CT molecular complexity index is 554. The average Bonchev–Trinajstić information content (AvgIpc) is 3.08. The van der Waals surface area contributed by atoms with Gasteiger partial charge >= 0.3 is 5.97 Å². The van der Waals surface area contributed by atoms with E-state index in [0.29, 0.717) is 11.6 Å². The van der Waals surface area contributed by atoms with E-state index in [1.54, 1.807) is 6.07 Å². The van der Waals surface area contributed by atoms with E-state index in [9.17, 15) is 9.90 Å². The Balaban J connectivity index is 1.72. The lowest BCUT2D eigenvalue weighted by atomic mass is 9.89. The maximum atomic E-state index is 11.4. The quantitative estimate of drug-likeness (QED) is 0.897. The van der Waals surface area contributed by atoms with Gasteiger partial charge in [-0.3, -0.25) is 0 Å². The van der Waals surface area contributed by atoms with E-state index in [4.69, 9.17) is 0 Å². The molecule has 0 spiro atoms. The van der Waals surface area contributed by atoms with Gasteiger partial charge in [-0.1, -0.05) is 12.5 Å². The minimum atomic E-state index is -0.781. The molecular formula is C17H21NO2. The molecule has 1 aromatic carbocycles. The topological polar surface area (TPSA) is 40.5 Å². The molecule has 0 amide bonds. The van der Waals surface area contributed by atoms with Gasteiger partial charge in [-0.25, -0.2) is 4.79 Å². The molecule has 0 aromatic heterocycles. The molecule has 106 valence electrons. The predicted molar refractivity (Wildman–Crippen MR) is 78.3 cm³/mol. The lowest BCUT2D eigenvalue weighted by Crippen LogP contribution is -2.42. The zero-order valence-corrected chi connectivity index (χ0v) is 11.7. The second-order valence-electron chi connectivity index (χ2n) is 6.65. The highest BCUT2D eigenvalue weighted by atomic mass is 16.4. The first-order valence-corrected chi connectivity index (χ1v) is 7.86. The first kappa shape index (κ1) is 12.2. The van der Waals surface area contributed by atoms with Crippen LogP contribution in [0.3, 0.4) is 0 Å². The average molecular weight is 271 g/mol. The van der Waals surface area contributed by atoms with Crippen LogP contribution in [0.1, 0.15) is 48.0 Å². The minimum Gasteiger partial charge on any atom is -0.478 e. The summed E-state index contributed by atoms with van der Waals surface area (Å²) in [6.45, 7) is 1.10. The molecule has 2 saturated carbocycles. The Morgan fingerprint density at radius 1 is 1.25 bits per heavy atom. The van der Waals surface area contributed by atoms with Crippen molar-refractivity contribution < 1.29 is 9.90 Å². The number of hydrogen-bond donors (Lipinski definition) is 1. The maximum Gasteiger partial charge on any atom is 0.336 e. The molecule has 1 aliphatic heterocycles. The third kappa shape index (κ3) is 1.75. The zero-order chi connectivity index (χ0) is 13.7. The molecule has 0 radical (unpaired) electrons. The molecule has 3 heteroatoms. The number of carboxylic acid groups (broad SMARTS) is 1. The van der Waals surface area contributed by atoms with Crippen LogP contribution in [0.15, 0.2) is 18.2 Å². The van der Waals surface area contributed by atoms with Gasteiger partial charge < -0.3 is 10.0 Å². The van der Waals surface area contributed by atoms with Gasteiger partial charge in [0.15, 0.2) is 0 Å². The van der Waals surface area contributed by atoms with Crippen molar-refractivity contribution in [3.63, 3.8) is 0 Å². The Morgan fingerprint density at radius 2 is 2.15 bits per heavy atom. The maximum absolute atomic E-state index is 11.4. The van der Waals surface area contributed by atoms with E-state index in [2.05, 4.69) is 11.0 Å². The molecular weight excluding hydrogens is 250 g/mol. The van der Waals surface area contributed by atoms with Crippen LogP contribution in [0, 0.1) is 11.8 Å². The number of anilines is 1. The zero-order valence-electron chi connectivity index (χ0n) is 11.7. The summed E-state index contributed by atoms with van der Waals surface area (Å²) in [5, 5.41) is 9.38. The number of fused-ring (bicyclic) bond motifs is 3. The fourth-order valence-electron chi connectivity index (χ4n) is 4.79. The number of nitrogens with zero attached hydrogens (tertiary/aromatic N) is 1. The molecule has 20 heavy (non-hydrogen) atoms. The number of carbonyl (C=O) groups is 1. The van der Waals surface area contributed by atoms with E-state index in [-0.39, 0.29) is 0 Å². The minimum absolute atomic E-state index is 0.510. The van der Waals surface area contributed by atoms with E-state index in [0.717, 1.165) is 36.8 Å². The van der Waals surface area contributed by atoms with Gasteiger partial charge in [-0.2, -0.15) is 0 Å². The van der Waals surface area contributed by atoms with Crippen LogP contribution in [-0.2, 0) is 6.42 Å². The number of aromatic carboxylic acids is 1. The molecule has 3 nitrogen and oxygen atoms in total. The molecule has 3 aliphatic rings. The molecule has 1 N–H and O–H groups in total. The summed E-state index contributed by atoms with van der Waals surface area (Å²) in [7, 11) is 0. The Morgan fingerprint density at radius 3 is 2.85 bits per heavy atom. The number of carboxylic acids is 1. The molecule has 1 aromatic rings. The van der Waals surface area contributed by atoms with Crippen LogP contribution < -0.4 is 4.90 Å². The van der Waals surface area contributed by atoms with Crippen molar-refractivity contribution in [2.75, 3.05) is 11.4 Å². The van der Waals surface area contributed by atoms with Crippen LogP contribution in [0.4, 0.5) is 5.69 Å². The fourth-order valence-corrected chi connectivity index (χ4v) is 4.79. The van der Waals surface area contributed by atoms with Gasteiger partial charge in [0.05, 0.1) is 5.56 Å². The SMILES string of the molecule is O=C(O)c1cccc2c1CCCN2C1CC2CCC1C2. The van der Waals surface area contributed by atoms with Crippen LogP contribution in [-0.4, -0.2) is 23.7 Å². The second kappa shape index (κ2) is 4.51. The van der Waals surface area contributed by atoms with E-state index in [1.807, 2.05) is 6.07 Å². The summed E-state index contributed by atoms with van der Waals surface area (Å²) in [5.41, 5.74) is 2.78. The molecule has 2 fully saturated rings. The van der Waals surface area contributed by atoms with Crippen molar-refractivity contribution in [1.82, 2.24) is 0 Å². The van der Waals surface area contributed by atoms with Crippen molar-refractivity contribution in [2.24, 2.45) is 11.8 Å². The van der Waals surface area contributed by atoms with Gasteiger partial charge in [-0.05, 0) is 61.6 Å². The van der Waals surface area contributed by atoms with Gasteiger partial charge in [0.2, 0.25) is 0 Å². The smallest absolute Gasteiger partial charge is 0.336 e. The van der Waals surface area contributed by atoms with Crippen molar-refractivity contribution >= 4 is 11.7 Å². The second-order valence-corrected chi connectivity index (χ2v) is 6.65. The molecule has 4 rings (SSSR count). The predicted octanol–water partition coefficient (Wildman–Crippen LogP) is 3.33. The third-order valence-electron chi connectivity index (χ3n) is 5.62. The van der Waals surface area contributed by atoms with Gasteiger partial charge in [0, 0.05) is 18.3 Å². The number of hydrogen-bond acceptors (Lipinski definition) is 2. The lowest BCUT2D eigenvalue weighted by molar-refractivity contribution is 0.0695. The Labute approximate surface area is 119 Å². The number of benzene rings is 1. The molecule has 3 atom stereocenters. The standard InChI is InChI=1S/C17H21NO2/c19-17(20)14-3-1-5-15-13(14)4-2-8-18(15)16-10-11-6-7-12(16)9-11/h1,3,5,11-12,16H,2,4,6-10H2,(H,19,20). The van der Waals surface area contributed by atoms with E-state index in [1.165, 1.54) is 31.4 Å². The van der Waals surface area contributed by atoms with Crippen LogP contribution in [0.25, 0.3) is 0 Å². The highest BCUT2D eigenvalue weighted by molar-refractivity contribution is 5.91. The summed E-state index contributed by atoms with van der Waals surface area (Å²) in [4.78, 5) is 13.9. The lowest BCUT2D eigenvalue weighted by Gasteiger charge is -2.40. The van der Waals surface area contributed by atoms with Gasteiger partial charge in [0.1, 0.15) is 0 Å². The summed E-state index contributed by atoms with van der Waals surface area (Å²) in [6.07, 6.45) is 7.51. The molecule has 2 bridgehead atoms. The van der Waals surface area contributed by atoms with Crippen LogP contribution >= 0.6 is 0 Å².